The van der Waals surface area contributed by atoms with Gasteiger partial charge in [0, 0.05) is 0 Å². The lowest BCUT2D eigenvalue weighted by Gasteiger charge is -2.39. The van der Waals surface area contributed by atoms with Gasteiger partial charge in [-0.15, -0.1) is 0 Å². The van der Waals surface area contributed by atoms with E-state index < -0.39 is 5.54 Å². The molecule has 5 atom stereocenters. The summed E-state index contributed by atoms with van der Waals surface area (Å²) in [7, 11) is 0. The molecule has 0 amide bonds. The van der Waals surface area contributed by atoms with Crippen LogP contribution in [-0.4, -0.2) is 17.6 Å². The Kier molecular flexibility index (Phi) is 4.54. The van der Waals surface area contributed by atoms with Crippen LogP contribution in [0.25, 0.3) is 0 Å². The zero-order valence-corrected chi connectivity index (χ0v) is 12.7. The predicted octanol–water partition coefficient (Wildman–Crippen LogP) is 3.26. The Balaban J connectivity index is 1.93. The number of rotatable bonds is 2. The molecule has 0 aromatic heterocycles. The van der Waals surface area contributed by atoms with Crippen LogP contribution in [0.4, 0.5) is 0 Å². The van der Waals surface area contributed by atoms with Crippen LogP contribution in [0.3, 0.4) is 0 Å². The highest BCUT2D eigenvalue weighted by atomic mass is 16.5. The average Bonchev–Trinajstić information content (AvgIpc) is 2.37. The van der Waals surface area contributed by atoms with Gasteiger partial charge >= 0.3 is 5.97 Å². The molecule has 3 nitrogen and oxygen atoms in total. The van der Waals surface area contributed by atoms with Crippen LogP contribution in [0.1, 0.15) is 65.7 Å². The molecule has 0 aliphatic heterocycles. The fraction of sp³-hybridized carbons (Fsp3) is 0.938. The second-order valence-electron chi connectivity index (χ2n) is 6.98. The van der Waals surface area contributed by atoms with Crippen LogP contribution in [0, 0.1) is 17.8 Å². The normalized spacial score (nSPS) is 43.8. The quantitative estimate of drug-likeness (QED) is 0.781. The van der Waals surface area contributed by atoms with E-state index in [1.165, 1.54) is 6.42 Å². The largest absolute Gasteiger partial charge is 0.461 e. The molecular weight excluding hydrogens is 238 g/mol. The van der Waals surface area contributed by atoms with Crippen molar-refractivity contribution in [3.63, 3.8) is 0 Å². The van der Waals surface area contributed by atoms with Crippen LogP contribution < -0.4 is 5.73 Å². The van der Waals surface area contributed by atoms with Crippen molar-refractivity contribution >= 4 is 5.97 Å². The van der Waals surface area contributed by atoms with Crippen LogP contribution in [0.5, 0.6) is 0 Å². The number of nitrogens with two attached hydrogens (primary N) is 1. The monoisotopic (exact) mass is 267 g/mol. The second-order valence-corrected chi connectivity index (χ2v) is 6.98. The van der Waals surface area contributed by atoms with Gasteiger partial charge in [-0.3, -0.25) is 4.79 Å². The molecule has 2 aliphatic rings. The molecule has 3 heteroatoms. The molecule has 0 aromatic rings. The van der Waals surface area contributed by atoms with Crippen molar-refractivity contribution in [3.05, 3.63) is 0 Å². The first-order valence-electron chi connectivity index (χ1n) is 7.93. The Hall–Kier alpha value is -0.570. The second kappa shape index (κ2) is 5.82. The van der Waals surface area contributed by atoms with Crippen LogP contribution in [0.15, 0.2) is 0 Å². The van der Waals surface area contributed by atoms with E-state index in [1.54, 1.807) is 0 Å². The molecule has 0 saturated heterocycles. The lowest BCUT2D eigenvalue weighted by Crippen LogP contribution is -2.56. The topological polar surface area (TPSA) is 52.3 Å². The average molecular weight is 267 g/mol. The standard InChI is InChI=1S/C16H29NO2/c1-11-7-8-14(10-12(11)2)19-15(18)16(17)9-5-4-6-13(16)3/h11-14H,4-10,17H2,1-3H3. The molecule has 2 saturated carbocycles. The molecule has 2 N–H and O–H groups in total. The maximum atomic E-state index is 12.4. The van der Waals surface area contributed by atoms with Crippen molar-refractivity contribution < 1.29 is 9.53 Å². The van der Waals surface area contributed by atoms with Crippen LogP contribution >= 0.6 is 0 Å². The number of ether oxygens (including phenoxy) is 1. The van der Waals surface area contributed by atoms with Gasteiger partial charge in [-0.05, 0) is 49.9 Å². The maximum absolute atomic E-state index is 12.4. The van der Waals surface area contributed by atoms with Crippen molar-refractivity contribution in [2.45, 2.75) is 77.4 Å². The first-order valence-corrected chi connectivity index (χ1v) is 7.93. The third kappa shape index (κ3) is 3.13. The first-order chi connectivity index (χ1) is 8.93. The van der Waals surface area contributed by atoms with E-state index in [0.29, 0.717) is 5.92 Å². The third-order valence-electron chi connectivity index (χ3n) is 5.56. The molecular formula is C16H29NO2. The van der Waals surface area contributed by atoms with Gasteiger partial charge in [0.05, 0.1) is 0 Å². The molecule has 2 fully saturated rings. The zero-order chi connectivity index (χ0) is 14.0. The Morgan fingerprint density at radius 3 is 2.47 bits per heavy atom. The van der Waals surface area contributed by atoms with Gasteiger partial charge in [-0.25, -0.2) is 0 Å². The summed E-state index contributed by atoms with van der Waals surface area (Å²) in [6, 6.07) is 0. The summed E-state index contributed by atoms with van der Waals surface area (Å²) in [6.07, 6.45) is 7.31. The van der Waals surface area contributed by atoms with Gasteiger partial charge in [-0.2, -0.15) is 0 Å². The van der Waals surface area contributed by atoms with E-state index >= 15 is 0 Å². The molecule has 2 rings (SSSR count). The SMILES string of the molecule is CC1CCC(OC(=O)C2(N)CCCCC2C)CC1C. The number of hydrogen-bond acceptors (Lipinski definition) is 3. The Morgan fingerprint density at radius 1 is 1.11 bits per heavy atom. The molecule has 5 unspecified atom stereocenters. The molecule has 0 radical (unpaired) electrons. The van der Waals surface area contributed by atoms with E-state index in [-0.39, 0.29) is 18.0 Å². The van der Waals surface area contributed by atoms with E-state index in [1.807, 2.05) is 0 Å². The summed E-state index contributed by atoms with van der Waals surface area (Å²) in [6.45, 7) is 6.63. The van der Waals surface area contributed by atoms with Crippen molar-refractivity contribution in [2.75, 3.05) is 0 Å². The number of esters is 1. The minimum atomic E-state index is -0.732. The fourth-order valence-electron chi connectivity index (χ4n) is 3.54. The van der Waals surface area contributed by atoms with Crippen molar-refractivity contribution in [2.24, 2.45) is 23.5 Å². The minimum Gasteiger partial charge on any atom is -0.461 e. The van der Waals surface area contributed by atoms with Gasteiger partial charge in [0.15, 0.2) is 0 Å². The van der Waals surface area contributed by atoms with E-state index in [2.05, 4.69) is 20.8 Å². The smallest absolute Gasteiger partial charge is 0.326 e. The van der Waals surface area contributed by atoms with E-state index in [4.69, 9.17) is 10.5 Å². The zero-order valence-electron chi connectivity index (χ0n) is 12.7. The van der Waals surface area contributed by atoms with E-state index in [9.17, 15) is 4.79 Å². The van der Waals surface area contributed by atoms with Crippen LogP contribution in [-0.2, 0) is 9.53 Å². The summed E-state index contributed by atoms with van der Waals surface area (Å²) in [5.41, 5.74) is 5.62. The van der Waals surface area contributed by atoms with Gasteiger partial charge in [0.1, 0.15) is 11.6 Å². The molecule has 19 heavy (non-hydrogen) atoms. The van der Waals surface area contributed by atoms with Crippen molar-refractivity contribution in [1.82, 2.24) is 0 Å². The number of hydrogen-bond donors (Lipinski definition) is 1. The summed E-state index contributed by atoms with van der Waals surface area (Å²) >= 11 is 0. The molecule has 2 aliphatic carbocycles. The minimum absolute atomic E-state index is 0.0910. The Labute approximate surface area is 117 Å². The third-order valence-corrected chi connectivity index (χ3v) is 5.56. The molecule has 0 spiro atoms. The number of carbonyl (C=O) groups excluding carboxylic acids is 1. The number of carbonyl (C=O) groups is 1. The van der Waals surface area contributed by atoms with Gasteiger partial charge in [0.2, 0.25) is 0 Å². The summed E-state index contributed by atoms with van der Waals surface area (Å²) in [5, 5.41) is 0. The highest BCUT2D eigenvalue weighted by Crippen LogP contribution is 2.35. The van der Waals surface area contributed by atoms with Gasteiger partial charge in [-0.1, -0.05) is 33.6 Å². The maximum Gasteiger partial charge on any atom is 0.326 e. The van der Waals surface area contributed by atoms with Gasteiger partial charge in [0.25, 0.3) is 0 Å². The van der Waals surface area contributed by atoms with Crippen LogP contribution in [0.2, 0.25) is 0 Å². The van der Waals surface area contributed by atoms with Crippen molar-refractivity contribution in [3.8, 4) is 0 Å². The Morgan fingerprint density at radius 2 is 1.84 bits per heavy atom. The summed E-state index contributed by atoms with van der Waals surface area (Å²) in [5.74, 6) is 1.49. The highest BCUT2D eigenvalue weighted by Gasteiger charge is 2.43. The summed E-state index contributed by atoms with van der Waals surface area (Å²) in [4.78, 5) is 12.4. The molecule has 0 aromatic carbocycles. The fourth-order valence-corrected chi connectivity index (χ4v) is 3.54. The Bertz CT molecular complexity index is 331. The molecule has 0 bridgehead atoms. The lowest BCUT2D eigenvalue weighted by atomic mass is 9.74. The highest BCUT2D eigenvalue weighted by molar-refractivity contribution is 5.81. The predicted molar refractivity (Wildman–Crippen MR) is 76.6 cm³/mol. The van der Waals surface area contributed by atoms with E-state index in [0.717, 1.165) is 44.4 Å². The van der Waals surface area contributed by atoms with Crippen molar-refractivity contribution in [1.29, 1.82) is 0 Å². The lowest BCUT2D eigenvalue weighted by molar-refractivity contribution is -0.162. The summed E-state index contributed by atoms with van der Waals surface area (Å²) < 4.78 is 5.76. The molecule has 110 valence electrons. The first kappa shape index (κ1) is 14.8. The molecule has 0 heterocycles. The van der Waals surface area contributed by atoms with Gasteiger partial charge < -0.3 is 10.5 Å².